The summed E-state index contributed by atoms with van der Waals surface area (Å²) in [6.07, 6.45) is 35.2. The van der Waals surface area contributed by atoms with E-state index in [1.54, 1.807) is 0 Å². The van der Waals surface area contributed by atoms with Crippen molar-refractivity contribution in [3.63, 3.8) is 0 Å². The highest BCUT2D eigenvalue weighted by atomic mass is 15.2. The highest BCUT2D eigenvalue weighted by Crippen LogP contribution is 2.50. The van der Waals surface area contributed by atoms with Crippen molar-refractivity contribution in [1.82, 2.24) is 4.57 Å². The number of benzene rings is 3. The van der Waals surface area contributed by atoms with Gasteiger partial charge in [0.25, 0.3) is 0 Å². The lowest BCUT2D eigenvalue weighted by Crippen LogP contribution is -2.21. The van der Waals surface area contributed by atoms with Crippen molar-refractivity contribution in [3.8, 4) is 0 Å². The van der Waals surface area contributed by atoms with Crippen LogP contribution in [0.5, 0.6) is 0 Å². The summed E-state index contributed by atoms with van der Waals surface area (Å²) in [5.74, 6) is 0.403. The second-order valence-electron chi connectivity index (χ2n) is 14.5. The summed E-state index contributed by atoms with van der Waals surface area (Å²) in [6, 6.07) is 29.4. The summed E-state index contributed by atoms with van der Waals surface area (Å²) in [7, 11) is 0. The smallest absolute Gasteiger partial charge is 0.0557 e. The van der Waals surface area contributed by atoms with E-state index < -0.39 is 0 Å². The lowest BCUT2D eigenvalue weighted by molar-refractivity contribution is 0.597. The average molecular weight is 647 g/mol. The minimum absolute atomic E-state index is 0.335. The molecule has 0 N–H and O–H groups in total. The SMILES string of the molecule is C1=CC(c2cccc(N3C4=CC=C(C5=Cc6c(n(C7C=CC(c8ccccc8)=CC7)c7ccccc67)CC5)CC4C4=C3CCC=C4)c2)=CCC1. The van der Waals surface area contributed by atoms with Crippen LogP contribution in [0.2, 0.25) is 0 Å². The number of para-hydroxylation sites is 1. The third-order valence-corrected chi connectivity index (χ3v) is 11.7. The van der Waals surface area contributed by atoms with Crippen LogP contribution in [-0.4, -0.2) is 4.57 Å². The minimum atomic E-state index is 0.335. The van der Waals surface area contributed by atoms with E-state index in [0.29, 0.717) is 12.0 Å². The Labute approximate surface area is 295 Å². The van der Waals surface area contributed by atoms with Crippen LogP contribution >= 0.6 is 0 Å². The first-order valence-electron chi connectivity index (χ1n) is 18.6. The van der Waals surface area contributed by atoms with Crippen LogP contribution in [0, 0.1) is 5.92 Å². The summed E-state index contributed by atoms with van der Waals surface area (Å²) < 4.78 is 2.64. The molecule has 3 aromatic carbocycles. The van der Waals surface area contributed by atoms with E-state index >= 15 is 0 Å². The van der Waals surface area contributed by atoms with Crippen LogP contribution in [0.4, 0.5) is 5.69 Å². The molecule has 2 heteroatoms. The zero-order valence-corrected chi connectivity index (χ0v) is 28.6. The van der Waals surface area contributed by atoms with Crippen molar-refractivity contribution in [3.05, 3.63) is 190 Å². The quantitative estimate of drug-likeness (QED) is 0.209. The van der Waals surface area contributed by atoms with Gasteiger partial charge in [-0.3, -0.25) is 0 Å². The van der Waals surface area contributed by atoms with Gasteiger partial charge in [-0.2, -0.15) is 0 Å². The van der Waals surface area contributed by atoms with Crippen molar-refractivity contribution in [2.45, 2.75) is 57.4 Å². The van der Waals surface area contributed by atoms with Gasteiger partial charge in [-0.05, 0) is 121 Å². The molecule has 0 bridgehead atoms. The number of hydrogen-bond donors (Lipinski definition) is 0. The molecule has 10 rings (SSSR count). The van der Waals surface area contributed by atoms with E-state index in [1.165, 1.54) is 78.2 Å². The number of allylic oxidation sites excluding steroid dienone is 16. The maximum atomic E-state index is 2.64. The van der Waals surface area contributed by atoms with E-state index in [4.69, 9.17) is 0 Å². The lowest BCUT2D eigenvalue weighted by Gasteiger charge is -2.30. The van der Waals surface area contributed by atoms with Crippen molar-refractivity contribution in [2.24, 2.45) is 5.92 Å². The first kappa shape index (κ1) is 29.6. The maximum absolute atomic E-state index is 2.64. The Morgan fingerprint density at radius 1 is 0.660 bits per heavy atom. The van der Waals surface area contributed by atoms with Crippen LogP contribution < -0.4 is 4.90 Å². The van der Waals surface area contributed by atoms with Crippen LogP contribution in [0.3, 0.4) is 0 Å². The Hall–Kier alpha value is -5.34. The number of anilines is 1. The van der Waals surface area contributed by atoms with Crippen molar-refractivity contribution in [2.75, 3.05) is 4.90 Å². The van der Waals surface area contributed by atoms with Gasteiger partial charge >= 0.3 is 0 Å². The van der Waals surface area contributed by atoms with Gasteiger partial charge in [-0.1, -0.05) is 115 Å². The zero-order chi connectivity index (χ0) is 33.0. The first-order valence-corrected chi connectivity index (χ1v) is 18.6. The third kappa shape index (κ3) is 4.92. The molecule has 2 unspecified atom stereocenters. The van der Waals surface area contributed by atoms with Crippen LogP contribution in [0.25, 0.3) is 28.1 Å². The molecule has 2 heterocycles. The molecule has 2 atom stereocenters. The molecular formula is C48H42N2. The zero-order valence-electron chi connectivity index (χ0n) is 28.6. The summed E-state index contributed by atoms with van der Waals surface area (Å²) in [4.78, 5) is 2.60. The molecule has 4 aromatic rings. The first-order chi connectivity index (χ1) is 24.8. The highest BCUT2D eigenvalue weighted by molar-refractivity contribution is 5.93. The number of nitrogens with zero attached hydrogens (tertiary/aromatic N) is 2. The second-order valence-corrected chi connectivity index (χ2v) is 14.5. The predicted octanol–water partition coefficient (Wildman–Crippen LogP) is 12.2. The maximum Gasteiger partial charge on any atom is 0.0557 e. The monoisotopic (exact) mass is 646 g/mol. The number of fused-ring (bicyclic) bond motifs is 5. The second kappa shape index (κ2) is 12.2. The van der Waals surface area contributed by atoms with Gasteiger partial charge < -0.3 is 9.47 Å². The lowest BCUT2D eigenvalue weighted by atomic mass is 9.80. The fourth-order valence-electron chi connectivity index (χ4n) is 9.31. The molecule has 0 radical (unpaired) electrons. The Balaban J connectivity index is 0.991. The molecule has 0 saturated heterocycles. The normalized spacial score (nSPS) is 22.4. The molecule has 244 valence electrons. The van der Waals surface area contributed by atoms with Crippen LogP contribution in [0.15, 0.2) is 168 Å². The molecule has 0 fully saturated rings. The number of rotatable bonds is 5. The van der Waals surface area contributed by atoms with Crippen LogP contribution in [-0.2, 0) is 6.42 Å². The molecule has 6 aliphatic rings. The van der Waals surface area contributed by atoms with Gasteiger partial charge in [0, 0.05) is 45.2 Å². The Bertz CT molecular complexity index is 2320. The Kier molecular flexibility index (Phi) is 7.22. The summed E-state index contributed by atoms with van der Waals surface area (Å²) in [5.41, 5.74) is 18.4. The summed E-state index contributed by atoms with van der Waals surface area (Å²) >= 11 is 0. The minimum Gasteiger partial charge on any atom is -0.337 e. The van der Waals surface area contributed by atoms with Gasteiger partial charge in [0.2, 0.25) is 0 Å². The number of aromatic nitrogens is 1. The third-order valence-electron chi connectivity index (χ3n) is 11.7. The molecule has 0 saturated carbocycles. The largest absolute Gasteiger partial charge is 0.337 e. The van der Waals surface area contributed by atoms with E-state index in [9.17, 15) is 0 Å². The molecule has 1 aromatic heterocycles. The average Bonchev–Trinajstić information content (AvgIpc) is 3.71. The van der Waals surface area contributed by atoms with E-state index in [1.807, 2.05) is 0 Å². The van der Waals surface area contributed by atoms with E-state index in [-0.39, 0.29) is 0 Å². The van der Waals surface area contributed by atoms with Crippen molar-refractivity contribution >= 4 is 33.8 Å². The number of hydrogen-bond acceptors (Lipinski definition) is 1. The van der Waals surface area contributed by atoms with Crippen LogP contribution in [0.1, 0.15) is 73.4 Å². The standard InChI is InChI=1S/C48H42N2/c1-3-12-33(13-4-1)35-22-26-39(27-23-35)49-45-20-9-7-18-41(45)43-31-37(24-28-47(43)49)38-25-29-48-44(32-38)42-19-8-10-21-46(42)50(48)40-17-11-16-36(30-40)34-14-5-2-6-15-34/h1,3-5,7-9,11-20,22-23,25-26,29-31,39,44H,2,6,10,21,24,27-28,32H2. The summed E-state index contributed by atoms with van der Waals surface area (Å²) in [6.45, 7) is 0. The molecule has 0 amide bonds. The van der Waals surface area contributed by atoms with E-state index in [0.717, 1.165) is 51.4 Å². The topological polar surface area (TPSA) is 8.17 Å². The Morgan fingerprint density at radius 3 is 2.40 bits per heavy atom. The Morgan fingerprint density at radius 2 is 1.52 bits per heavy atom. The fourth-order valence-corrected chi connectivity index (χ4v) is 9.31. The van der Waals surface area contributed by atoms with Gasteiger partial charge in [0.1, 0.15) is 0 Å². The molecule has 50 heavy (non-hydrogen) atoms. The van der Waals surface area contributed by atoms with Gasteiger partial charge in [0.05, 0.1) is 6.04 Å². The van der Waals surface area contributed by atoms with Gasteiger partial charge in [-0.15, -0.1) is 0 Å². The van der Waals surface area contributed by atoms with Crippen molar-refractivity contribution in [1.29, 1.82) is 0 Å². The molecular weight excluding hydrogens is 605 g/mol. The van der Waals surface area contributed by atoms with Crippen molar-refractivity contribution < 1.29 is 0 Å². The molecule has 5 aliphatic carbocycles. The molecule has 0 spiro atoms. The predicted molar refractivity (Wildman–Crippen MR) is 210 cm³/mol. The molecule has 2 nitrogen and oxygen atoms in total. The highest BCUT2D eigenvalue weighted by Gasteiger charge is 2.39. The van der Waals surface area contributed by atoms with Gasteiger partial charge in [-0.25, -0.2) is 0 Å². The summed E-state index contributed by atoms with van der Waals surface area (Å²) in [5, 5.41) is 1.38. The van der Waals surface area contributed by atoms with E-state index in [2.05, 4.69) is 155 Å². The molecule has 1 aliphatic heterocycles. The van der Waals surface area contributed by atoms with Gasteiger partial charge in [0.15, 0.2) is 0 Å². The fraction of sp³-hybridized carbons (Fsp3) is 0.208.